The molecule has 0 radical (unpaired) electrons. The van der Waals surface area contributed by atoms with Gasteiger partial charge in [-0.15, -0.1) is 0 Å². The van der Waals surface area contributed by atoms with E-state index in [0.717, 1.165) is 6.42 Å². The van der Waals surface area contributed by atoms with Crippen LogP contribution in [0, 0.1) is 11.8 Å². The Bertz CT molecular complexity index is 436. The molecule has 6 heteroatoms. The van der Waals surface area contributed by atoms with Crippen molar-refractivity contribution in [2.75, 3.05) is 26.7 Å². The average Bonchev–Trinajstić information content (AvgIpc) is 2.43. The lowest BCUT2D eigenvalue weighted by Crippen LogP contribution is -2.60. The fraction of sp³-hybridized carbons (Fsp3) is 0.800. The van der Waals surface area contributed by atoms with Gasteiger partial charge in [0.05, 0.1) is 0 Å². The molecule has 2 aliphatic heterocycles. The molecule has 2 fully saturated rings. The van der Waals surface area contributed by atoms with Crippen LogP contribution >= 0.6 is 0 Å². The van der Waals surface area contributed by atoms with Crippen molar-refractivity contribution in [3.05, 3.63) is 0 Å². The molecule has 118 valence electrons. The minimum absolute atomic E-state index is 0.0973. The van der Waals surface area contributed by atoms with Crippen LogP contribution in [0.5, 0.6) is 0 Å². The number of nitrogens with one attached hydrogen (secondary N) is 1. The zero-order valence-electron chi connectivity index (χ0n) is 13.1. The van der Waals surface area contributed by atoms with Crippen LogP contribution in [0.15, 0.2) is 0 Å². The van der Waals surface area contributed by atoms with Gasteiger partial charge < -0.3 is 15.1 Å². The second-order valence-corrected chi connectivity index (χ2v) is 6.42. The van der Waals surface area contributed by atoms with Crippen LogP contribution < -0.4 is 5.32 Å². The third-order valence-corrected chi connectivity index (χ3v) is 4.27. The van der Waals surface area contributed by atoms with Crippen molar-refractivity contribution in [1.82, 2.24) is 15.1 Å². The molecular formula is C15H25N3O3. The SMILES string of the molecule is CC(C)C[C@@H]1C(=O)NCCN1C(=O)[C@@H]1CCCN(C)C1=O. The Kier molecular flexibility index (Phi) is 4.85. The average molecular weight is 295 g/mol. The molecule has 0 aromatic rings. The Morgan fingerprint density at radius 2 is 2.05 bits per heavy atom. The van der Waals surface area contributed by atoms with Gasteiger partial charge in [-0.1, -0.05) is 13.8 Å². The highest BCUT2D eigenvalue weighted by molar-refractivity contribution is 6.02. The summed E-state index contributed by atoms with van der Waals surface area (Å²) >= 11 is 0. The van der Waals surface area contributed by atoms with Gasteiger partial charge in [0.15, 0.2) is 0 Å². The first-order valence-corrected chi connectivity index (χ1v) is 7.75. The first kappa shape index (κ1) is 15.8. The number of hydrogen-bond donors (Lipinski definition) is 1. The third-order valence-electron chi connectivity index (χ3n) is 4.27. The van der Waals surface area contributed by atoms with Gasteiger partial charge in [0.1, 0.15) is 12.0 Å². The van der Waals surface area contributed by atoms with E-state index in [1.165, 1.54) is 0 Å². The molecule has 1 N–H and O–H groups in total. The van der Waals surface area contributed by atoms with E-state index in [0.29, 0.717) is 38.4 Å². The lowest BCUT2D eigenvalue weighted by Gasteiger charge is -2.39. The zero-order valence-corrected chi connectivity index (χ0v) is 13.1. The van der Waals surface area contributed by atoms with Gasteiger partial charge in [-0.25, -0.2) is 0 Å². The Labute approximate surface area is 125 Å². The third kappa shape index (κ3) is 3.36. The number of amides is 3. The van der Waals surface area contributed by atoms with Crippen LogP contribution in [0.25, 0.3) is 0 Å². The van der Waals surface area contributed by atoms with Gasteiger partial charge in [0.2, 0.25) is 17.7 Å². The molecule has 2 rings (SSSR count). The van der Waals surface area contributed by atoms with Crippen molar-refractivity contribution in [2.24, 2.45) is 11.8 Å². The van der Waals surface area contributed by atoms with Crippen LogP contribution in [0.2, 0.25) is 0 Å². The molecule has 0 aliphatic carbocycles. The molecule has 2 saturated heterocycles. The van der Waals surface area contributed by atoms with Crippen molar-refractivity contribution in [2.45, 2.75) is 39.2 Å². The number of rotatable bonds is 3. The van der Waals surface area contributed by atoms with E-state index in [9.17, 15) is 14.4 Å². The van der Waals surface area contributed by atoms with Gasteiger partial charge in [-0.3, -0.25) is 14.4 Å². The Morgan fingerprint density at radius 3 is 2.71 bits per heavy atom. The lowest BCUT2D eigenvalue weighted by atomic mass is 9.93. The van der Waals surface area contributed by atoms with Gasteiger partial charge >= 0.3 is 0 Å². The molecule has 21 heavy (non-hydrogen) atoms. The van der Waals surface area contributed by atoms with Crippen molar-refractivity contribution in [1.29, 1.82) is 0 Å². The summed E-state index contributed by atoms with van der Waals surface area (Å²) in [6.45, 7) is 5.73. The molecule has 0 saturated carbocycles. The predicted molar refractivity (Wildman–Crippen MR) is 78.3 cm³/mol. The second kappa shape index (κ2) is 6.45. The van der Waals surface area contributed by atoms with Crippen molar-refractivity contribution in [3.63, 3.8) is 0 Å². The van der Waals surface area contributed by atoms with E-state index in [1.54, 1.807) is 16.8 Å². The van der Waals surface area contributed by atoms with Crippen molar-refractivity contribution >= 4 is 17.7 Å². The molecule has 3 amide bonds. The van der Waals surface area contributed by atoms with Crippen LogP contribution in [0.1, 0.15) is 33.1 Å². The van der Waals surface area contributed by atoms with E-state index in [4.69, 9.17) is 0 Å². The summed E-state index contributed by atoms with van der Waals surface area (Å²) in [6, 6.07) is -0.439. The highest BCUT2D eigenvalue weighted by Crippen LogP contribution is 2.23. The lowest BCUT2D eigenvalue weighted by molar-refractivity contribution is -0.154. The van der Waals surface area contributed by atoms with Gasteiger partial charge in [-0.05, 0) is 25.2 Å². The molecule has 6 nitrogen and oxygen atoms in total. The van der Waals surface area contributed by atoms with E-state index < -0.39 is 12.0 Å². The maximum atomic E-state index is 12.7. The van der Waals surface area contributed by atoms with E-state index in [2.05, 4.69) is 5.32 Å². The summed E-state index contributed by atoms with van der Waals surface area (Å²) in [5, 5.41) is 2.82. The number of carbonyl (C=O) groups is 3. The summed E-state index contributed by atoms with van der Waals surface area (Å²) < 4.78 is 0. The molecule has 0 unspecified atom stereocenters. The fourth-order valence-electron chi connectivity index (χ4n) is 3.12. The quantitative estimate of drug-likeness (QED) is 0.758. The van der Waals surface area contributed by atoms with E-state index >= 15 is 0 Å². The summed E-state index contributed by atoms with van der Waals surface area (Å²) in [5.41, 5.74) is 0. The number of piperidine rings is 1. The highest BCUT2D eigenvalue weighted by Gasteiger charge is 2.40. The summed E-state index contributed by atoms with van der Waals surface area (Å²) in [7, 11) is 1.73. The van der Waals surface area contributed by atoms with Gasteiger partial charge in [-0.2, -0.15) is 0 Å². The van der Waals surface area contributed by atoms with Crippen LogP contribution in [0.4, 0.5) is 0 Å². The first-order valence-electron chi connectivity index (χ1n) is 7.75. The summed E-state index contributed by atoms with van der Waals surface area (Å²) in [4.78, 5) is 40.3. The second-order valence-electron chi connectivity index (χ2n) is 6.42. The van der Waals surface area contributed by atoms with E-state index in [1.807, 2.05) is 13.8 Å². The Morgan fingerprint density at radius 1 is 1.33 bits per heavy atom. The van der Waals surface area contributed by atoms with Crippen LogP contribution in [-0.4, -0.2) is 60.2 Å². The van der Waals surface area contributed by atoms with Gasteiger partial charge in [0.25, 0.3) is 0 Å². The molecule has 0 bridgehead atoms. The summed E-state index contributed by atoms with van der Waals surface area (Å²) in [5.74, 6) is -0.671. The van der Waals surface area contributed by atoms with Crippen molar-refractivity contribution < 1.29 is 14.4 Å². The highest BCUT2D eigenvalue weighted by atomic mass is 16.2. The fourth-order valence-corrected chi connectivity index (χ4v) is 3.12. The smallest absolute Gasteiger partial charge is 0.242 e. The number of nitrogens with zero attached hydrogens (tertiary/aromatic N) is 2. The van der Waals surface area contributed by atoms with Gasteiger partial charge in [0, 0.05) is 26.7 Å². The molecule has 2 heterocycles. The van der Waals surface area contributed by atoms with Crippen molar-refractivity contribution in [3.8, 4) is 0 Å². The number of piperazine rings is 1. The molecule has 2 aliphatic rings. The topological polar surface area (TPSA) is 69.7 Å². The molecule has 0 aromatic heterocycles. The Balaban J connectivity index is 2.14. The Hall–Kier alpha value is -1.59. The standard InChI is InChI=1S/C15H25N3O3/c1-10(2)9-12-13(19)16-6-8-18(12)15(21)11-5-4-7-17(3)14(11)20/h10-12H,4-9H2,1-3H3,(H,16,19)/t11-,12-/m1/s1. The maximum absolute atomic E-state index is 12.7. The zero-order chi connectivity index (χ0) is 15.6. The first-order chi connectivity index (χ1) is 9.91. The van der Waals surface area contributed by atoms with E-state index in [-0.39, 0.29) is 17.7 Å². The molecule has 0 spiro atoms. The maximum Gasteiger partial charge on any atom is 0.242 e. The predicted octanol–water partition coefficient (Wildman–Crippen LogP) is 0.228. The number of likely N-dealkylation sites (tertiary alicyclic amines) is 1. The molecule has 0 aromatic carbocycles. The van der Waals surface area contributed by atoms with Crippen LogP contribution in [-0.2, 0) is 14.4 Å². The number of carbonyl (C=O) groups excluding carboxylic acids is 3. The number of hydrogen-bond acceptors (Lipinski definition) is 3. The largest absolute Gasteiger partial charge is 0.353 e. The minimum atomic E-state index is -0.607. The normalized spacial score (nSPS) is 27.0. The minimum Gasteiger partial charge on any atom is -0.353 e. The molecular weight excluding hydrogens is 270 g/mol. The monoisotopic (exact) mass is 295 g/mol. The summed E-state index contributed by atoms with van der Waals surface area (Å²) in [6.07, 6.45) is 2.07. The molecule has 2 atom stereocenters. The van der Waals surface area contributed by atoms with Crippen LogP contribution in [0.3, 0.4) is 0 Å².